The first-order chi connectivity index (χ1) is 11.9. The van der Waals surface area contributed by atoms with E-state index in [2.05, 4.69) is 14.7 Å². The first-order valence-electron chi connectivity index (χ1n) is 7.33. The molecule has 0 radical (unpaired) electrons. The number of alkyl halides is 3. The lowest BCUT2D eigenvalue weighted by Gasteiger charge is -2.09. The largest absolute Gasteiger partial charge is 0.573 e. The lowest BCUT2D eigenvalue weighted by Crippen LogP contribution is -2.16. The summed E-state index contributed by atoms with van der Waals surface area (Å²) in [6, 6.07) is 13.3. The fourth-order valence-electron chi connectivity index (χ4n) is 2.77. The molecular formula is C18H10ClF3N2O. The first-order valence-corrected chi connectivity index (χ1v) is 7.71. The highest BCUT2D eigenvalue weighted by Crippen LogP contribution is 2.33. The van der Waals surface area contributed by atoms with Crippen LogP contribution in [0.15, 0.2) is 54.7 Å². The minimum atomic E-state index is -4.74. The quantitative estimate of drug-likeness (QED) is 0.479. The Hall–Kier alpha value is -2.73. The fraction of sp³-hybridized carbons (Fsp3) is 0.0556. The van der Waals surface area contributed by atoms with Gasteiger partial charge in [0.15, 0.2) is 0 Å². The van der Waals surface area contributed by atoms with Gasteiger partial charge in [-0.15, -0.1) is 13.2 Å². The Morgan fingerprint density at radius 3 is 2.68 bits per heavy atom. The maximum Gasteiger partial charge on any atom is 0.573 e. The third-order valence-electron chi connectivity index (χ3n) is 3.83. The molecular weight excluding hydrogens is 353 g/mol. The van der Waals surface area contributed by atoms with Crippen LogP contribution in [0.3, 0.4) is 0 Å². The van der Waals surface area contributed by atoms with E-state index in [9.17, 15) is 13.2 Å². The minimum Gasteiger partial charge on any atom is -0.406 e. The summed E-state index contributed by atoms with van der Waals surface area (Å²) in [5.74, 6) is -0.278. The standard InChI is InChI=1S/C18H10ClF3N2O/c19-14-3-1-2-10-4-6-16(24-17(10)14)13-9-23-15-7-5-11(8-12(13)15)25-18(20,21)22/h1-9,23H. The highest BCUT2D eigenvalue weighted by atomic mass is 35.5. The number of ether oxygens (including phenoxy) is 1. The summed E-state index contributed by atoms with van der Waals surface area (Å²) < 4.78 is 41.4. The molecule has 0 fully saturated rings. The Morgan fingerprint density at radius 1 is 1.04 bits per heavy atom. The molecule has 0 bridgehead atoms. The van der Waals surface area contributed by atoms with Gasteiger partial charge in [0.1, 0.15) is 5.75 Å². The van der Waals surface area contributed by atoms with Crippen molar-refractivity contribution in [1.29, 1.82) is 0 Å². The van der Waals surface area contributed by atoms with Crippen molar-refractivity contribution in [1.82, 2.24) is 9.97 Å². The number of aromatic nitrogens is 2. The van der Waals surface area contributed by atoms with Gasteiger partial charge in [0, 0.05) is 28.0 Å². The van der Waals surface area contributed by atoms with Crippen molar-refractivity contribution in [2.45, 2.75) is 6.36 Å². The first kappa shape index (κ1) is 15.8. The van der Waals surface area contributed by atoms with E-state index in [-0.39, 0.29) is 5.75 Å². The third kappa shape index (κ3) is 3.00. The lowest BCUT2D eigenvalue weighted by atomic mass is 10.1. The molecule has 1 N–H and O–H groups in total. The molecule has 0 aliphatic carbocycles. The number of hydrogen-bond acceptors (Lipinski definition) is 2. The average molecular weight is 363 g/mol. The number of aromatic amines is 1. The van der Waals surface area contributed by atoms with Crippen molar-refractivity contribution in [3.63, 3.8) is 0 Å². The Morgan fingerprint density at radius 2 is 1.88 bits per heavy atom. The molecule has 25 heavy (non-hydrogen) atoms. The molecule has 0 spiro atoms. The molecule has 4 rings (SSSR count). The second-order valence-electron chi connectivity index (χ2n) is 5.47. The van der Waals surface area contributed by atoms with Crippen molar-refractivity contribution in [2.75, 3.05) is 0 Å². The van der Waals surface area contributed by atoms with E-state index in [0.717, 1.165) is 5.39 Å². The van der Waals surface area contributed by atoms with Gasteiger partial charge in [-0.1, -0.05) is 29.8 Å². The van der Waals surface area contributed by atoms with E-state index < -0.39 is 6.36 Å². The normalized spacial score (nSPS) is 12.0. The molecule has 0 atom stereocenters. The van der Waals surface area contributed by atoms with Crippen molar-refractivity contribution < 1.29 is 17.9 Å². The van der Waals surface area contributed by atoms with Gasteiger partial charge >= 0.3 is 6.36 Å². The Kier molecular flexibility index (Phi) is 3.58. The van der Waals surface area contributed by atoms with Gasteiger partial charge in [-0.25, -0.2) is 4.98 Å². The van der Waals surface area contributed by atoms with Crippen LogP contribution in [0.25, 0.3) is 33.1 Å². The lowest BCUT2D eigenvalue weighted by molar-refractivity contribution is -0.274. The number of pyridine rings is 1. The van der Waals surface area contributed by atoms with E-state index in [4.69, 9.17) is 11.6 Å². The summed E-state index contributed by atoms with van der Waals surface area (Å²) in [5.41, 5.74) is 2.60. The van der Waals surface area contributed by atoms with Gasteiger partial charge in [0.2, 0.25) is 0 Å². The highest BCUT2D eigenvalue weighted by molar-refractivity contribution is 6.35. The SMILES string of the molecule is FC(F)(F)Oc1ccc2[nH]cc(-c3ccc4cccc(Cl)c4n3)c2c1. The zero-order valence-corrected chi connectivity index (χ0v) is 13.3. The van der Waals surface area contributed by atoms with Crippen LogP contribution >= 0.6 is 11.6 Å². The van der Waals surface area contributed by atoms with Crippen LogP contribution in [-0.4, -0.2) is 16.3 Å². The summed E-state index contributed by atoms with van der Waals surface area (Å²) in [6.07, 6.45) is -3.04. The van der Waals surface area contributed by atoms with Crippen LogP contribution in [0.5, 0.6) is 5.75 Å². The third-order valence-corrected chi connectivity index (χ3v) is 4.14. The van der Waals surface area contributed by atoms with Crippen LogP contribution in [0.2, 0.25) is 5.02 Å². The minimum absolute atomic E-state index is 0.278. The number of fused-ring (bicyclic) bond motifs is 2. The van der Waals surface area contributed by atoms with E-state index in [1.54, 1.807) is 18.3 Å². The van der Waals surface area contributed by atoms with Crippen LogP contribution in [-0.2, 0) is 0 Å². The van der Waals surface area contributed by atoms with Crippen LogP contribution in [0, 0.1) is 0 Å². The van der Waals surface area contributed by atoms with Crippen molar-refractivity contribution in [3.05, 3.63) is 59.8 Å². The summed E-state index contributed by atoms with van der Waals surface area (Å²) in [5, 5.41) is 1.98. The molecule has 4 aromatic rings. The van der Waals surface area contributed by atoms with Gasteiger partial charge in [-0.3, -0.25) is 0 Å². The van der Waals surface area contributed by atoms with Gasteiger partial charge in [-0.2, -0.15) is 0 Å². The van der Waals surface area contributed by atoms with Crippen molar-refractivity contribution >= 4 is 33.4 Å². The molecule has 0 unspecified atom stereocenters. The zero-order valence-electron chi connectivity index (χ0n) is 12.6. The predicted molar refractivity (Wildman–Crippen MR) is 90.7 cm³/mol. The maximum absolute atomic E-state index is 12.5. The molecule has 7 heteroatoms. The molecule has 3 nitrogen and oxygen atoms in total. The fourth-order valence-corrected chi connectivity index (χ4v) is 2.99. The molecule has 0 aliphatic heterocycles. The van der Waals surface area contributed by atoms with Gasteiger partial charge in [0.05, 0.1) is 16.2 Å². The summed E-state index contributed by atoms with van der Waals surface area (Å²) in [4.78, 5) is 7.59. The average Bonchev–Trinajstić information content (AvgIpc) is 2.97. The number of rotatable bonds is 2. The molecule has 0 saturated heterocycles. The van der Waals surface area contributed by atoms with Gasteiger partial charge < -0.3 is 9.72 Å². The van der Waals surface area contributed by atoms with E-state index in [1.165, 1.54) is 18.2 Å². The Bertz CT molecular complexity index is 1090. The molecule has 126 valence electrons. The Balaban J connectivity index is 1.86. The maximum atomic E-state index is 12.5. The molecule has 2 aromatic heterocycles. The van der Waals surface area contributed by atoms with Crippen LogP contribution < -0.4 is 4.74 Å². The highest BCUT2D eigenvalue weighted by Gasteiger charge is 2.31. The van der Waals surface area contributed by atoms with Crippen molar-refractivity contribution in [3.8, 4) is 17.0 Å². The zero-order chi connectivity index (χ0) is 17.6. The second-order valence-corrected chi connectivity index (χ2v) is 5.87. The van der Waals surface area contributed by atoms with E-state index in [1.807, 2.05) is 18.2 Å². The molecule has 0 saturated carbocycles. The monoisotopic (exact) mass is 362 g/mol. The summed E-state index contributed by atoms with van der Waals surface area (Å²) in [7, 11) is 0. The van der Waals surface area contributed by atoms with E-state index >= 15 is 0 Å². The molecule has 2 aromatic carbocycles. The Labute approximate surface area is 145 Å². The molecule has 0 amide bonds. The smallest absolute Gasteiger partial charge is 0.406 e. The number of benzene rings is 2. The van der Waals surface area contributed by atoms with Crippen LogP contribution in [0.4, 0.5) is 13.2 Å². The van der Waals surface area contributed by atoms with Crippen LogP contribution in [0.1, 0.15) is 0 Å². The molecule has 0 aliphatic rings. The van der Waals surface area contributed by atoms with E-state index in [0.29, 0.717) is 32.7 Å². The number of halogens is 4. The second kappa shape index (κ2) is 5.67. The van der Waals surface area contributed by atoms with Crippen molar-refractivity contribution in [2.24, 2.45) is 0 Å². The molecule has 2 heterocycles. The summed E-state index contributed by atoms with van der Waals surface area (Å²) in [6.45, 7) is 0. The van der Waals surface area contributed by atoms with Gasteiger partial charge in [0.25, 0.3) is 0 Å². The summed E-state index contributed by atoms with van der Waals surface area (Å²) >= 11 is 6.19. The number of nitrogens with zero attached hydrogens (tertiary/aromatic N) is 1. The van der Waals surface area contributed by atoms with Gasteiger partial charge in [-0.05, 0) is 30.3 Å². The number of hydrogen-bond donors (Lipinski definition) is 1. The number of H-pyrrole nitrogens is 1. The number of nitrogens with one attached hydrogen (secondary N) is 1. The topological polar surface area (TPSA) is 37.9 Å². The number of para-hydroxylation sites is 1. The predicted octanol–water partition coefficient (Wildman–Crippen LogP) is 5.94.